The maximum Gasteiger partial charge on any atom is 0.359 e. The van der Waals surface area contributed by atoms with Crippen molar-refractivity contribution in [1.82, 2.24) is 15.4 Å². The lowest BCUT2D eigenvalue weighted by Gasteiger charge is -2.29. The van der Waals surface area contributed by atoms with E-state index in [1.165, 1.54) is 24.9 Å². The molecule has 0 radical (unpaired) electrons. The standard InChI is InChI=1S/C20H20N4O3/c25-20(26)18-19(22-23-21-18)27-17-9-7-14(8-10-17)15-5-4-6-16(13-15)24-11-2-1-3-12-24/h4-10,13H,1-3,11-12H2,(H,25,26)(H,21,22,23). The highest BCUT2D eigenvalue weighted by Gasteiger charge is 2.16. The van der Waals surface area contributed by atoms with Crippen LogP contribution in [0.2, 0.25) is 0 Å². The molecule has 138 valence electrons. The number of piperidine rings is 1. The van der Waals surface area contributed by atoms with E-state index in [1.54, 1.807) is 12.1 Å². The summed E-state index contributed by atoms with van der Waals surface area (Å²) in [4.78, 5) is 13.5. The van der Waals surface area contributed by atoms with Gasteiger partial charge in [0.1, 0.15) is 5.75 Å². The highest BCUT2D eigenvalue weighted by atomic mass is 16.5. The van der Waals surface area contributed by atoms with Crippen LogP contribution in [0.15, 0.2) is 48.5 Å². The molecule has 4 rings (SSSR count). The first-order valence-corrected chi connectivity index (χ1v) is 8.98. The van der Waals surface area contributed by atoms with Crippen molar-refractivity contribution in [2.75, 3.05) is 18.0 Å². The minimum atomic E-state index is -1.17. The second kappa shape index (κ2) is 7.49. The number of benzene rings is 2. The Morgan fingerprint density at radius 3 is 2.56 bits per heavy atom. The van der Waals surface area contributed by atoms with E-state index in [0.29, 0.717) is 5.75 Å². The Kier molecular flexibility index (Phi) is 4.74. The molecule has 1 aromatic heterocycles. The summed E-state index contributed by atoms with van der Waals surface area (Å²) in [6.45, 7) is 2.22. The highest BCUT2D eigenvalue weighted by molar-refractivity contribution is 5.87. The van der Waals surface area contributed by atoms with E-state index >= 15 is 0 Å². The van der Waals surface area contributed by atoms with E-state index in [-0.39, 0.29) is 11.6 Å². The van der Waals surface area contributed by atoms with Gasteiger partial charge in [0.05, 0.1) is 0 Å². The van der Waals surface area contributed by atoms with Gasteiger partial charge in [-0.3, -0.25) is 0 Å². The van der Waals surface area contributed by atoms with Crippen molar-refractivity contribution in [3.8, 4) is 22.8 Å². The minimum Gasteiger partial charge on any atom is -0.476 e. The van der Waals surface area contributed by atoms with E-state index in [1.807, 2.05) is 12.1 Å². The van der Waals surface area contributed by atoms with Crippen molar-refractivity contribution < 1.29 is 14.6 Å². The van der Waals surface area contributed by atoms with E-state index in [2.05, 4.69) is 44.6 Å². The van der Waals surface area contributed by atoms with Crippen molar-refractivity contribution in [2.45, 2.75) is 19.3 Å². The molecule has 1 fully saturated rings. The number of H-pyrrole nitrogens is 1. The normalized spacial score (nSPS) is 14.1. The fraction of sp³-hybridized carbons (Fsp3) is 0.250. The summed E-state index contributed by atoms with van der Waals surface area (Å²) >= 11 is 0. The van der Waals surface area contributed by atoms with Crippen LogP contribution in [0.25, 0.3) is 11.1 Å². The van der Waals surface area contributed by atoms with Gasteiger partial charge in [0.15, 0.2) is 0 Å². The molecule has 0 spiro atoms. The van der Waals surface area contributed by atoms with Crippen LogP contribution in [-0.4, -0.2) is 39.6 Å². The summed E-state index contributed by atoms with van der Waals surface area (Å²) in [7, 11) is 0. The lowest BCUT2D eigenvalue weighted by molar-refractivity contribution is 0.0687. The predicted molar refractivity (Wildman–Crippen MR) is 101 cm³/mol. The van der Waals surface area contributed by atoms with Gasteiger partial charge in [-0.15, -0.1) is 0 Å². The van der Waals surface area contributed by atoms with Crippen LogP contribution < -0.4 is 9.64 Å². The number of nitrogens with zero attached hydrogens (tertiary/aromatic N) is 3. The Balaban J connectivity index is 1.52. The molecule has 3 aromatic rings. The van der Waals surface area contributed by atoms with Crippen LogP contribution in [0, 0.1) is 0 Å². The number of carboxylic acids is 1. The first-order chi connectivity index (χ1) is 13.2. The zero-order chi connectivity index (χ0) is 18.6. The third-order valence-corrected chi connectivity index (χ3v) is 4.70. The molecule has 0 amide bonds. The fourth-order valence-corrected chi connectivity index (χ4v) is 3.29. The number of rotatable bonds is 5. The number of hydrogen-bond acceptors (Lipinski definition) is 5. The van der Waals surface area contributed by atoms with E-state index in [4.69, 9.17) is 9.84 Å². The topological polar surface area (TPSA) is 91.3 Å². The van der Waals surface area contributed by atoms with Crippen LogP contribution in [-0.2, 0) is 0 Å². The van der Waals surface area contributed by atoms with Gasteiger partial charge < -0.3 is 14.7 Å². The number of aromatic amines is 1. The Morgan fingerprint density at radius 2 is 1.81 bits per heavy atom. The summed E-state index contributed by atoms with van der Waals surface area (Å²) in [6.07, 6.45) is 3.81. The lowest BCUT2D eigenvalue weighted by atomic mass is 10.0. The Bertz CT molecular complexity index is 930. The molecule has 27 heavy (non-hydrogen) atoms. The van der Waals surface area contributed by atoms with Crippen molar-refractivity contribution >= 4 is 11.7 Å². The number of anilines is 1. The Hall–Kier alpha value is -3.35. The van der Waals surface area contributed by atoms with Crippen molar-refractivity contribution in [3.05, 3.63) is 54.2 Å². The average Bonchev–Trinajstić information content (AvgIpc) is 3.18. The summed E-state index contributed by atoms with van der Waals surface area (Å²) < 4.78 is 5.53. The molecule has 0 bridgehead atoms. The first-order valence-electron chi connectivity index (χ1n) is 8.98. The third kappa shape index (κ3) is 3.76. The summed E-state index contributed by atoms with van der Waals surface area (Å²) in [5, 5.41) is 18.5. The first kappa shape index (κ1) is 17.1. The molecule has 7 nitrogen and oxygen atoms in total. The number of carbonyl (C=O) groups is 1. The minimum absolute atomic E-state index is 0.0534. The number of ether oxygens (including phenoxy) is 1. The van der Waals surface area contributed by atoms with Gasteiger partial charge in [-0.2, -0.15) is 0 Å². The van der Waals surface area contributed by atoms with Crippen LogP contribution in [0.3, 0.4) is 0 Å². The highest BCUT2D eigenvalue weighted by Crippen LogP contribution is 2.29. The molecular formula is C20H20N4O3. The smallest absolute Gasteiger partial charge is 0.359 e. The zero-order valence-corrected chi connectivity index (χ0v) is 14.8. The predicted octanol–water partition coefficient (Wildman–Crippen LogP) is 3.95. The number of carboxylic acid groups (broad SMARTS) is 1. The van der Waals surface area contributed by atoms with Gasteiger partial charge in [0, 0.05) is 18.8 Å². The molecule has 1 aliphatic heterocycles. The molecule has 0 saturated carbocycles. The Labute approximate surface area is 156 Å². The number of nitrogens with one attached hydrogen (secondary N) is 1. The molecule has 1 aliphatic rings. The molecule has 2 N–H and O–H groups in total. The van der Waals surface area contributed by atoms with E-state index < -0.39 is 5.97 Å². The maximum atomic E-state index is 11.1. The van der Waals surface area contributed by atoms with Gasteiger partial charge in [0.25, 0.3) is 5.88 Å². The number of aromatic carboxylic acids is 1. The van der Waals surface area contributed by atoms with Crippen LogP contribution in [0.1, 0.15) is 29.8 Å². The summed E-state index contributed by atoms with van der Waals surface area (Å²) in [5.41, 5.74) is 3.28. The SMILES string of the molecule is O=C(O)c1[nH]nnc1Oc1ccc(-c2cccc(N3CCCCC3)c2)cc1. The van der Waals surface area contributed by atoms with Crippen LogP contribution in [0.5, 0.6) is 11.6 Å². The van der Waals surface area contributed by atoms with Gasteiger partial charge >= 0.3 is 5.97 Å². The second-order valence-electron chi connectivity index (χ2n) is 6.52. The molecule has 0 unspecified atom stereocenters. The third-order valence-electron chi connectivity index (χ3n) is 4.70. The second-order valence-corrected chi connectivity index (χ2v) is 6.52. The quantitative estimate of drug-likeness (QED) is 0.712. The molecule has 2 heterocycles. The van der Waals surface area contributed by atoms with Gasteiger partial charge in [-0.25, -0.2) is 9.89 Å². The molecule has 1 saturated heterocycles. The van der Waals surface area contributed by atoms with Gasteiger partial charge in [-0.1, -0.05) is 34.6 Å². The van der Waals surface area contributed by atoms with Crippen molar-refractivity contribution in [3.63, 3.8) is 0 Å². The van der Waals surface area contributed by atoms with Crippen molar-refractivity contribution in [2.24, 2.45) is 0 Å². The largest absolute Gasteiger partial charge is 0.476 e. The molecular weight excluding hydrogens is 344 g/mol. The van der Waals surface area contributed by atoms with Gasteiger partial charge in [0.2, 0.25) is 5.69 Å². The fourth-order valence-electron chi connectivity index (χ4n) is 3.29. The van der Waals surface area contributed by atoms with Crippen LogP contribution in [0.4, 0.5) is 5.69 Å². The molecule has 0 atom stereocenters. The number of hydrogen-bond donors (Lipinski definition) is 2. The van der Waals surface area contributed by atoms with Crippen LogP contribution >= 0.6 is 0 Å². The zero-order valence-electron chi connectivity index (χ0n) is 14.8. The van der Waals surface area contributed by atoms with Gasteiger partial charge in [-0.05, 0) is 54.7 Å². The summed E-state index contributed by atoms with van der Waals surface area (Å²) in [5.74, 6) is -0.717. The molecule has 7 heteroatoms. The maximum absolute atomic E-state index is 11.1. The molecule has 0 aliphatic carbocycles. The summed E-state index contributed by atoms with van der Waals surface area (Å²) in [6, 6.07) is 16.0. The Morgan fingerprint density at radius 1 is 1.04 bits per heavy atom. The van der Waals surface area contributed by atoms with E-state index in [9.17, 15) is 4.79 Å². The van der Waals surface area contributed by atoms with Crippen molar-refractivity contribution in [1.29, 1.82) is 0 Å². The number of aromatic nitrogens is 3. The lowest BCUT2D eigenvalue weighted by Crippen LogP contribution is -2.29. The monoisotopic (exact) mass is 364 g/mol. The molecule has 2 aromatic carbocycles. The van der Waals surface area contributed by atoms with E-state index in [0.717, 1.165) is 24.2 Å². The average molecular weight is 364 g/mol.